The lowest BCUT2D eigenvalue weighted by molar-refractivity contribution is 0.0698. The van der Waals surface area contributed by atoms with Gasteiger partial charge in [-0.1, -0.05) is 50.2 Å². The van der Waals surface area contributed by atoms with Crippen LogP contribution in [0.5, 0.6) is 0 Å². The summed E-state index contributed by atoms with van der Waals surface area (Å²) < 4.78 is 0. The number of fused-ring (bicyclic) bond motifs is 1. The maximum Gasteiger partial charge on any atom is 0.337 e. The molecule has 0 radical (unpaired) electrons. The molecule has 0 amide bonds. The summed E-state index contributed by atoms with van der Waals surface area (Å²) in [5.41, 5.74) is 7.20. The van der Waals surface area contributed by atoms with E-state index in [1.165, 1.54) is 40.1 Å². The summed E-state index contributed by atoms with van der Waals surface area (Å²) >= 11 is 0. The number of carboxylic acid groups (broad SMARTS) is 1. The normalized spacial score (nSPS) is 15.3. The van der Waals surface area contributed by atoms with Crippen LogP contribution in [0.25, 0.3) is 11.1 Å². The van der Waals surface area contributed by atoms with Gasteiger partial charge in [0.1, 0.15) is 0 Å². The maximum absolute atomic E-state index is 11.4. The molecule has 2 heterocycles. The van der Waals surface area contributed by atoms with Crippen LogP contribution >= 0.6 is 0 Å². The number of benzene rings is 2. The number of rotatable bonds is 6. The van der Waals surface area contributed by atoms with Crippen molar-refractivity contribution in [2.45, 2.75) is 32.4 Å². The molecular weight excluding hydrogens is 362 g/mol. The largest absolute Gasteiger partial charge is 0.478 e. The number of anilines is 1. The smallest absolute Gasteiger partial charge is 0.337 e. The minimum absolute atomic E-state index is 0.126. The predicted octanol–water partition coefficient (Wildman–Crippen LogP) is 4.83. The highest BCUT2D eigenvalue weighted by atomic mass is 16.4. The molecule has 3 aromatic rings. The van der Waals surface area contributed by atoms with Crippen molar-refractivity contribution in [3.05, 3.63) is 83.2 Å². The van der Waals surface area contributed by atoms with Gasteiger partial charge in [-0.05, 0) is 45.9 Å². The van der Waals surface area contributed by atoms with Crippen molar-refractivity contribution in [3.8, 4) is 11.1 Å². The van der Waals surface area contributed by atoms with Gasteiger partial charge in [0.05, 0.1) is 23.5 Å². The highest BCUT2D eigenvalue weighted by molar-refractivity contribution is 5.93. The van der Waals surface area contributed by atoms with Crippen molar-refractivity contribution in [3.63, 3.8) is 0 Å². The summed E-state index contributed by atoms with van der Waals surface area (Å²) in [6.07, 6.45) is 3.06. The fourth-order valence-corrected chi connectivity index (χ4v) is 3.99. The van der Waals surface area contributed by atoms with Crippen molar-refractivity contribution in [1.82, 2.24) is 10.3 Å². The number of carboxylic acids is 1. The van der Waals surface area contributed by atoms with Gasteiger partial charge in [-0.25, -0.2) is 4.79 Å². The van der Waals surface area contributed by atoms with Gasteiger partial charge >= 0.3 is 5.97 Å². The van der Waals surface area contributed by atoms with Gasteiger partial charge in [-0.3, -0.25) is 4.98 Å². The topological polar surface area (TPSA) is 74.2 Å². The monoisotopic (exact) mass is 387 g/mol. The Morgan fingerprint density at radius 1 is 1.24 bits per heavy atom. The van der Waals surface area contributed by atoms with Gasteiger partial charge in [0.15, 0.2) is 0 Å². The average molecular weight is 387 g/mol. The first-order valence-corrected chi connectivity index (χ1v) is 9.91. The fraction of sp³-hybridized carbons (Fsp3) is 0.250. The average Bonchev–Trinajstić information content (AvgIpc) is 3.14. The first-order chi connectivity index (χ1) is 14.0. The zero-order valence-corrected chi connectivity index (χ0v) is 16.6. The second-order valence-corrected chi connectivity index (χ2v) is 7.70. The summed E-state index contributed by atoms with van der Waals surface area (Å²) in [4.78, 5) is 15.4. The Kier molecular flexibility index (Phi) is 5.32. The van der Waals surface area contributed by atoms with Gasteiger partial charge in [0.2, 0.25) is 0 Å². The van der Waals surface area contributed by atoms with Gasteiger partial charge in [-0.2, -0.15) is 0 Å². The number of nitrogens with zero attached hydrogens (tertiary/aromatic N) is 1. The quantitative estimate of drug-likeness (QED) is 0.565. The van der Waals surface area contributed by atoms with Gasteiger partial charge in [0, 0.05) is 19.3 Å². The van der Waals surface area contributed by atoms with Crippen LogP contribution in [0.3, 0.4) is 0 Å². The standard InChI is InChI=1S/C24H25N3O2/c1-15(2)18-5-3-4-6-19(18)16-7-8-20-17(11-16)12-26-23(20)14-27-22-13-25-10-9-21(22)24(28)29/h3-11,13,15,23,26-27H,12,14H2,1-2H3,(H,28,29)/t23-/m0/s1. The van der Waals surface area contributed by atoms with E-state index in [0.717, 1.165) is 6.54 Å². The summed E-state index contributed by atoms with van der Waals surface area (Å²) in [5.74, 6) is -0.486. The molecule has 5 nitrogen and oxygen atoms in total. The van der Waals surface area contributed by atoms with Crippen molar-refractivity contribution in [2.75, 3.05) is 11.9 Å². The fourth-order valence-electron chi connectivity index (χ4n) is 3.99. The Morgan fingerprint density at radius 2 is 2.07 bits per heavy atom. The molecular formula is C24H25N3O2. The molecule has 4 rings (SSSR count). The van der Waals surface area contributed by atoms with Crippen molar-refractivity contribution in [1.29, 1.82) is 0 Å². The number of aromatic nitrogens is 1. The zero-order chi connectivity index (χ0) is 20.4. The lowest BCUT2D eigenvalue weighted by Gasteiger charge is -2.16. The molecule has 29 heavy (non-hydrogen) atoms. The third-order valence-corrected chi connectivity index (χ3v) is 5.50. The van der Waals surface area contributed by atoms with E-state index >= 15 is 0 Å². The summed E-state index contributed by atoms with van der Waals surface area (Å²) in [6, 6.07) is 16.9. The minimum atomic E-state index is -0.955. The predicted molar refractivity (Wildman–Crippen MR) is 115 cm³/mol. The van der Waals surface area contributed by atoms with Crippen LogP contribution in [-0.4, -0.2) is 22.6 Å². The molecule has 0 unspecified atom stereocenters. The molecule has 0 saturated carbocycles. The van der Waals surface area contributed by atoms with Gasteiger partial charge < -0.3 is 15.7 Å². The molecule has 0 fully saturated rings. The van der Waals surface area contributed by atoms with E-state index in [9.17, 15) is 9.90 Å². The van der Waals surface area contributed by atoms with Crippen LogP contribution in [0, 0.1) is 0 Å². The second-order valence-electron chi connectivity index (χ2n) is 7.70. The van der Waals surface area contributed by atoms with E-state index in [-0.39, 0.29) is 11.6 Å². The van der Waals surface area contributed by atoms with Crippen molar-refractivity contribution < 1.29 is 9.90 Å². The SMILES string of the molecule is CC(C)c1ccccc1-c1ccc2c(c1)CN[C@H]2CNc1cnccc1C(=O)O. The highest BCUT2D eigenvalue weighted by Gasteiger charge is 2.23. The Balaban J connectivity index is 1.55. The maximum atomic E-state index is 11.4. The van der Waals surface area contributed by atoms with Crippen LogP contribution in [0.1, 0.15) is 52.9 Å². The number of hydrogen-bond acceptors (Lipinski definition) is 4. The molecule has 1 aromatic heterocycles. The molecule has 148 valence electrons. The van der Waals surface area contributed by atoms with E-state index in [1.54, 1.807) is 6.20 Å². The number of nitrogens with one attached hydrogen (secondary N) is 2. The van der Waals surface area contributed by atoms with Gasteiger partial charge in [-0.15, -0.1) is 0 Å². The molecule has 0 spiro atoms. The molecule has 0 saturated heterocycles. The zero-order valence-electron chi connectivity index (χ0n) is 16.6. The molecule has 1 aliphatic rings. The lowest BCUT2D eigenvalue weighted by atomic mass is 9.91. The van der Waals surface area contributed by atoms with E-state index in [0.29, 0.717) is 18.2 Å². The summed E-state index contributed by atoms with van der Waals surface area (Å²) in [5, 5.41) is 16.1. The van der Waals surface area contributed by atoms with Gasteiger partial charge in [0.25, 0.3) is 0 Å². The third-order valence-electron chi connectivity index (χ3n) is 5.50. The Labute approximate surface area is 170 Å². The lowest BCUT2D eigenvalue weighted by Crippen LogP contribution is -2.22. The Morgan fingerprint density at radius 3 is 2.86 bits per heavy atom. The molecule has 0 aliphatic carbocycles. The first-order valence-electron chi connectivity index (χ1n) is 9.91. The minimum Gasteiger partial charge on any atom is -0.478 e. The molecule has 1 aliphatic heterocycles. The van der Waals surface area contributed by atoms with Crippen LogP contribution in [-0.2, 0) is 6.54 Å². The molecule has 5 heteroatoms. The first kappa shape index (κ1) is 19.2. The van der Waals surface area contributed by atoms with Crippen LogP contribution in [0.2, 0.25) is 0 Å². The van der Waals surface area contributed by atoms with Crippen LogP contribution < -0.4 is 10.6 Å². The molecule has 3 N–H and O–H groups in total. The molecule has 2 aromatic carbocycles. The van der Waals surface area contributed by atoms with Crippen molar-refractivity contribution in [2.24, 2.45) is 0 Å². The molecule has 0 bridgehead atoms. The van der Waals surface area contributed by atoms with E-state index in [1.807, 2.05) is 0 Å². The number of carbonyl (C=O) groups is 1. The number of aromatic carboxylic acids is 1. The van der Waals surface area contributed by atoms with E-state index < -0.39 is 5.97 Å². The Bertz CT molecular complexity index is 1050. The number of pyridine rings is 1. The second kappa shape index (κ2) is 8.05. The third kappa shape index (κ3) is 3.87. The number of hydrogen-bond donors (Lipinski definition) is 3. The van der Waals surface area contributed by atoms with E-state index in [2.05, 4.69) is 71.9 Å². The molecule has 1 atom stereocenters. The van der Waals surface area contributed by atoms with Crippen LogP contribution in [0.4, 0.5) is 5.69 Å². The Hall–Kier alpha value is -3.18. The summed E-state index contributed by atoms with van der Waals surface area (Å²) in [6.45, 7) is 5.84. The van der Waals surface area contributed by atoms with E-state index in [4.69, 9.17) is 0 Å². The summed E-state index contributed by atoms with van der Waals surface area (Å²) in [7, 11) is 0. The van der Waals surface area contributed by atoms with Crippen LogP contribution in [0.15, 0.2) is 60.9 Å². The van der Waals surface area contributed by atoms with Crippen molar-refractivity contribution >= 4 is 11.7 Å². The highest BCUT2D eigenvalue weighted by Crippen LogP contribution is 2.34.